The van der Waals surface area contributed by atoms with Crippen LogP contribution in [-0.2, 0) is 4.79 Å². The molecule has 0 N–H and O–H groups in total. The Morgan fingerprint density at radius 1 is 1.23 bits per heavy atom. The van der Waals surface area contributed by atoms with Gasteiger partial charge in [-0.05, 0) is 12.1 Å². The lowest BCUT2D eigenvalue weighted by Crippen LogP contribution is -2.13. The van der Waals surface area contributed by atoms with Crippen LogP contribution >= 0.6 is 34.8 Å². The van der Waals surface area contributed by atoms with Gasteiger partial charge in [0.15, 0.2) is 0 Å². The molecule has 0 unspecified atom stereocenters. The van der Waals surface area contributed by atoms with Gasteiger partial charge in [-0.2, -0.15) is 0 Å². The molecule has 1 aromatic carbocycles. The van der Waals surface area contributed by atoms with Gasteiger partial charge >= 0.3 is 6.41 Å². The highest BCUT2D eigenvalue weighted by Crippen LogP contribution is 2.33. The molecule has 0 saturated carbocycles. The van der Waals surface area contributed by atoms with Gasteiger partial charge in [0.25, 0.3) is 0 Å². The monoisotopic (exact) mass is 236 g/mol. The van der Waals surface area contributed by atoms with Crippen LogP contribution in [0.3, 0.4) is 0 Å². The molecular weight excluding hydrogens is 232 g/mol. The summed E-state index contributed by atoms with van der Waals surface area (Å²) in [6, 6.07) is 3.08. The fraction of sp³-hybridized carbons (Fsp3) is 0.125. The van der Waals surface area contributed by atoms with Crippen molar-refractivity contribution in [2.24, 2.45) is 0 Å². The zero-order valence-electron chi connectivity index (χ0n) is 6.64. The first-order valence-electron chi connectivity index (χ1n) is 3.32. The molecule has 1 rings (SSSR count). The highest BCUT2D eigenvalue weighted by Gasteiger charge is 2.08. The van der Waals surface area contributed by atoms with Crippen molar-refractivity contribution in [2.75, 3.05) is 11.9 Å². The van der Waals surface area contributed by atoms with E-state index >= 15 is 0 Å². The van der Waals surface area contributed by atoms with Crippen molar-refractivity contribution in [3.8, 4) is 0 Å². The van der Waals surface area contributed by atoms with Gasteiger partial charge in [0.2, 0.25) is 0 Å². The van der Waals surface area contributed by atoms with Gasteiger partial charge in [-0.1, -0.05) is 34.8 Å². The van der Waals surface area contributed by atoms with Crippen LogP contribution in [0.4, 0.5) is 5.69 Å². The summed E-state index contributed by atoms with van der Waals surface area (Å²) in [7, 11) is 1.54. The Bertz CT molecular complexity index is 317. The minimum absolute atomic E-state index is 0.284. The highest BCUT2D eigenvalue weighted by atomic mass is 35.5. The van der Waals surface area contributed by atoms with Crippen molar-refractivity contribution < 1.29 is 4.79 Å². The Morgan fingerprint density at radius 2 is 1.69 bits per heavy atom. The van der Waals surface area contributed by atoms with Crippen LogP contribution < -0.4 is 4.90 Å². The maximum atomic E-state index is 10.3. The van der Waals surface area contributed by atoms with E-state index in [1.165, 1.54) is 4.90 Å². The first-order chi connectivity index (χ1) is 6.06. The van der Waals surface area contributed by atoms with Gasteiger partial charge in [-0.3, -0.25) is 4.79 Å². The van der Waals surface area contributed by atoms with Gasteiger partial charge < -0.3 is 4.90 Å². The molecule has 0 heterocycles. The number of amides is 1. The maximum absolute atomic E-state index is 10.3. The number of halogens is 3. The third kappa shape index (κ3) is 2.27. The molecule has 2 nitrogen and oxygen atoms in total. The zero-order valence-corrected chi connectivity index (χ0v) is 8.91. The maximum Gasteiger partial charge on any atom is 0.316 e. The Balaban J connectivity index is 3.20. The Morgan fingerprint density at radius 3 is 2.08 bits per heavy atom. The lowest BCUT2D eigenvalue weighted by Gasteiger charge is -2.11. The molecule has 0 saturated heterocycles. The number of hydrogen-bond acceptors (Lipinski definition) is 1. The molecule has 1 amide bonds. The number of carbonyl (C=O) groups excluding carboxylic acids is 1. The van der Waals surface area contributed by atoms with E-state index in [9.17, 15) is 4.79 Å². The van der Waals surface area contributed by atoms with E-state index in [1.54, 1.807) is 25.6 Å². The molecule has 69 valence electrons. The molecule has 1 radical (unpaired) electrons. The largest absolute Gasteiger partial charge is 0.316 e. The number of rotatable bonds is 2. The first-order valence-corrected chi connectivity index (χ1v) is 4.45. The Labute approximate surface area is 91.0 Å². The molecule has 0 aliphatic carbocycles. The molecule has 0 aliphatic rings. The van der Waals surface area contributed by atoms with Crippen molar-refractivity contribution >= 4 is 46.9 Å². The quantitative estimate of drug-likeness (QED) is 0.571. The van der Waals surface area contributed by atoms with E-state index in [0.29, 0.717) is 15.7 Å². The smallest absolute Gasteiger partial charge is 0.307 e. The third-order valence-electron chi connectivity index (χ3n) is 1.49. The molecule has 0 fully saturated rings. The lowest BCUT2D eigenvalue weighted by atomic mass is 10.3. The average molecular weight is 237 g/mol. The van der Waals surface area contributed by atoms with Crippen LogP contribution in [0.1, 0.15) is 0 Å². The minimum atomic E-state index is 0.284. The van der Waals surface area contributed by atoms with E-state index in [1.807, 2.05) is 0 Å². The molecule has 13 heavy (non-hydrogen) atoms. The summed E-state index contributed by atoms with van der Waals surface area (Å²) < 4.78 is 0. The van der Waals surface area contributed by atoms with E-state index in [2.05, 4.69) is 0 Å². The van der Waals surface area contributed by atoms with Gasteiger partial charge in [-0.25, -0.2) is 0 Å². The number of anilines is 1. The summed E-state index contributed by atoms with van der Waals surface area (Å²) in [6.45, 7) is 0. The van der Waals surface area contributed by atoms with Crippen molar-refractivity contribution in [1.29, 1.82) is 0 Å². The molecule has 0 spiro atoms. The summed E-state index contributed by atoms with van der Waals surface area (Å²) >= 11 is 17.2. The van der Waals surface area contributed by atoms with Crippen LogP contribution in [0, 0.1) is 0 Å². The number of hydrogen-bond donors (Lipinski definition) is 0. The van der Waals surface area contributed by atoms with Crippen LogP contribution in [0.5, 0.6) is 0 Å². The predicted octanol–water partition coefficient (Wildman–Crippen LogP) is 3.15. The summed E-state index contributed by atoms with van der Waals surface area (Å²) in [5.74, 6) is 0. The standard InChI is InChI=1S/C8H5Cl3NO/c1-12(4-13)5-2-6(9)8(11)7(10)3-5/h2-3H,1H3. The molecular formula is C8H5Cl3NO. The summed E-state index contributed by atoms with van der Waals surface area (Å²) in [4.78, 5) is 11.5. The van der Waals surface area contributed by atoms with Crippen LogP contribution in [0.15, 0.2) is 12.1 Å². The first kappa shape index (κ1) is 10.6. The van der Waals surface area contributed by atoms with Gasteiger partial charge in [-0.15, -0.1) is 0 Å². The summed E-state index contributed by atoms with van der Waals surface area (Å²) in [6.07, 6.45) is 1.68. The van der Waals surface area contributed by atoms with E-state index in [4.69, 9.17) is 34.8 Å². The fourth-order valence-corrected chi connectivity index (χ4v) is 1.37. The van der Waals surface area contributed by atoms with Gasteiger partial charge in [0.1, 0.15) is 0 Å². The third-order valence-corrected chi connectivity index (χ3v) is 2.69. The fourth-order valence-electron chi connectivity index (χ4n) is 0.788. The number of nitrogens with zero attached hydrogens (tertiary/aromatic N) is 1. The second-order valence-corrected chi connectivity index (χ2v) is 3.57. The van der Waals surface area contributed by atoms with Crippen molar-refractivity contribution in [1.82, 2.24) is 0 Å². The summed E-state index contributed by atoms with van der Waals surface area (Å²) in [5, 5.41) is 0.906. The highest BCUT2D eigenvalue weighted by molar-refractivity contribution is 6.48. The average Bonchev–Trinajstić information content (AvgIpc) is 2.12. The van der Waals surface area contributed by atoms with Gasteiger partial charge in [0.05, 0.1) is 15.1 Å². The van der Waals surface area contributed by atoms with Crippen LogP contribution in [0.2, 0.25) is 15.1 Å². The van der Waals surface area contributed by atoms with Crippen molar-refractivity contribution in [2.45, 2.75) is 0 Å². The Kier molecular flexibility index (Phi) is 3.42. The van der Waals surface area contributed by atoms with Crippen molar-refractivity contribution in [3.63, 3.8) is 0 Å². The van der Waals surface area contributed by atoms with E-state index in [-0.39, 0.29) is 5.02 Å². The second-order valence-electron chi connectivity index (χ2n) is 2.37. The normalized spacial score (nSPS) is 9.85. The SMILES string of the molecule is CN([C]=O)c1cc(Cl)c(Cl)c(Cl)c1. The van der Waals surface area contributed by atoms with Crippen LogP contribution in [0.25, 0.3) is 0 Å². The van der Waals surface area contributed by atoms with Gasteiger partial charge in [0, 0.05) is 12.7 Å². The van der Waals surface area contributed by atoms with E-state index < -0.39 is 0 Å². The molecule has 5 heteroatoms. The molecule has 1 aromatic rings. The Hall–Kier alpha value is -0.440. The molecule has 0 aliphatic heterocycles. The zero-order chi connectivity index (χ0) is 10.0. The topological polar surface area (TPSA) is 20.3 Å². The van der Waals surface area contributed by atoms with Crippen molar-refractivity contribution in [3.05, 3.63) is 27.2 Å². The summed E-state index contributed by atoms with van der Waals surface area (Å²) in [5.41, 5.74) is 0.550. The minimum Gasteiger partial charge on any atom is -0.307 e. The van der Waals surface area contributed by atoms with Crippen LogP contribution in [-0.4, -0.2) is 13.5 Å². The molecule has 0 aromatic heterocycles. The predicted molar refractivity (Wildman–Crippen MR) is 55.6 cm³/mol. The van der Waals surface area contributed by atoms with E-state index in [0.717, 1.165) is 0 Å². The second kappa shape index (κ2) is 4.18. The lowest BCUT2D eigenvalue weighted by molar-refractivity contribution is 0.554. The molecule has 0 bridgehead atoms. The molecule has 0 atom stereocenters. The number of benzene rings is 1.